The van der Waals surface area contributed by atoms with Gasteiger partial charge in [-0.2, -0.15) is 13.2 Å². The highest BCUT2D eigenvalue weighted by Gasteiger charge is 2.39. The molecule has 2 saturated heterocycles. The predicted molar refractivity (Wildman–Crippen MR) is 110 cm³/mol. The van der Waals surface area contributed by atoms with Crippen LogP contribution in [0.1, 0.15) is 31.2 Å². The molecule has 1 amide bonds. The van der Waals surface area contributed by atoms with Crippen molar-refractivity contribution < 1.29 is 42.0 Å². The van der Waals surface area contributed by atoms with Gasteiger partial charge in [0.2, 0.25) is 12.7 Å². The number of hydrogen-bond donors (Lipinski definition) is 2. The van der Waals surface area contributed by atoms with Gasteiger partial charge in [-0.25, -0.2) is 0 Å². The van der Waals surface area contributed by atoms with E-state index in [1.54, 1.807) is 11.0 Å². The third-order valence-electron chi connectivity index (χ3n) is 6.11. The van der Waals surface area contributed by atoms with Crippen molar-refractivity contribution in [1.29, 1.82) is 0 Å². The molecule has 1 aromatic rings. The molecule has 2 fully saturated rings. The normalized spacial score (nSPS) is 28.0. The number of nitrogens with one attached hydrogen (secondary N) is 1. The Morgan fingerprint density at radius 2 is 2.00 bits per heavy atom. The standard InChI is InChI=1S/C22H29F3N2O6/c23-22(24,25)5-6-27-10-15(28)11-30-12-20-17(27)3-2-16(33-20)8-21(29)26-9-14-1-4-18-19(7-14)32-13-31-18/h1,4,7,15-17,20,28H,2-3,5-6,8-13H2,(H,26,29)/t15-,16-,17+,20-/m0/s1. The molecule has 11 heteroatoms. The highest BCUT2D eigenvalue weighted by molar-refractivity contribution is 5.76. The van der Waals surface area contributed by atoms with Crippen molar-refractivity contribution in [1.82, 2.24) is 10.2 Å². The van der Waals surface area contributed by atoms with Crippen LogP contribution in [0, 0.1) is 0 Å². The second kappa shape index (κ2) is 10.5. The smallest absolute Gasteiger partial charge is 0.390 e. The van der Waals surface area contributed by atoms with Gasteiger partial charge in [-0.15, -0.1) is 0 Å². The van der Waals surface area contributed by atoms with E-state index in [0.29, 0.717) is 30.9 Å². The molecule has 3 aliphatic rings. The molecule has 0 unspecified atom stereocenters. The molecule has 33 heavy (non-hydrogen) atoms. The van der Waals surface area contributed by atoms with Crippen molar-refractivity contribution in [3.05, 3.63) is 23.8 Å². The molecule has 0 aromatic heterocycles. The number of halogens is 3. The van der Waals surface area contributed by atoms with Crippen molar-refractivity contribution in [3.8, 4) is 11.5 Å². The summed E-state index contributed by atoms with van der Waals surface area (Å²) in [6.07, 6.45) is -5.61. The van der Waals surface area contributed by atoms with Crippen LogP contribution < -0.4 is 14.8 Å². The van der Waals surface area contributed by atoms with Crippen LogP contribution in [0.2, 0.25) is 0 Å². The van der Waals surface area contributed by atoms with Crippen LogP contribution in [0.4, 0.5) is 13.2 Å². The minimum Gasteiger partial charge on any atom is -0.454 e. The molecular formula is C22H29F3N2O6. The van der Waals surface area contributed by atoms with Crippen molar-refractivity contribution in [2.45, 2.75) is 62.8 Å². The summed E-state index contributed by atoms with van der Waals surface area (Å²) in [5, 5.41) is 12.9. The number of amides is 1. The fourth-order valence-electron chi connectivity index (χ4n) is 4.50. The number of fused-ring (bicyclic) bond motifs is 2. The maximum absolute atomic E-state index is 12.8. The third kappa shape index (κ3) is 6.72. The summed E-state index contributed by atoms with van der Waals surface area (Å²) in [6, 6.07) is 5.17. The van der Waals surface area contributed by atoms with Gasteiger partial charge in [0, 0.05) is 25.7 Å². The lowest BCUT2D eigenvalue weighted by atomic mass is 9.94. The SMILES string of the molecule is O=C(C[C@@H]1CC[C@@H]2[C@H](COC[C@@H](O)CN2CCC(F)(F)F)O1)NCc1ccc2c(c1)OCO2. The zero-order valence-corrected chi connectivity index (χ0v) is 18.2. The van der Waals surface area contributed by atoms with E-state index in [0.717, 1.165) is 5.56 Å². The minimum absolute atomic E-state index is 0.0375. The molecule has 0 bridgehead atoms. The Morgan fingerprint density at radius 3 is 2.82 bits per heavy atom. The van der Waals surface area contributed by atoms with Gasteiger partial charge in [-0.05, 0) is 30.5 Å². The first-order valence-corrected chi connectivity index (χ1v) is 11.1. The first-order valence-electron chi connectivity index (χ1n) is 11.1. The first-order chi connectivity index (χ1) is 15.8. The third-order valence-corrected chi connectivity index (χ3v) is 6.11. The molecule has 3 heterocycles. The van der Waals surface area contributed by atoms with Crippen LogP contribution in [0.5, 0.6) is 11.5 Å². The van der Waals surface area contributed by atoms with E-state index in [4.69, 9.17) is 18.9 Å². The van der Waals surface area contributed by atoms with Crippen LogP contribution in [0.3, 0.4) is 0 Å². The largest absolute Gasteiger partial charge is 0.454 e. The number of aliphatic hydroxyl groups is 1. The average Bonchev–Trinajstić information content (AvgIpc) is 3.22. The van der Waals surface area contributed by atoms with E-state index < -0.39 is 24.8 Å². The zero-order chi connectivity index (χ0) is 23.4. The van der Waals surface area contributed by atoms with E-state index in [2.05, 4.69) is 5.32 Å². The van der Waals surface area contributed by atoms with E-state index in [9.17, 15) is 23.1 Å². The fourth-order valence-corrected chi connectivity index (χ4v) is 4.50. The predicted octanol–water partition coefficient (Wildman–Crippen LogP) is 1.98. The fraction of sp³-hybridized carbons (Fsp3) is 0.682. The van der Waals surface area contributed by atoms with Crippen molar-refractivity contribution in [2.75, 3.05) is 33.1 Å². The van der Waals surface area contributed by atoms with Crippen LogP contribution >= 0.6 is 0 Å². The lowest BCUT2D eigenvalue weighted by Gasteiger charge is -2.44. The van der Waals surface area contributed by atoms with E-state index in [-0.39, 0.29) is 57.6 Å². The number of alkyl halides is 3. The summed E-state index contributed by atoms with van der Waals surface area (Å²) >= 11 is 0. The number of carbonyl (C=O) groups is 1. The molecule has 0 saturated carbocycles. The molecule has 184 valence electrons. The summed E-state index contributed by atoms with van der Waals surface area (Å²) < 4.78 is 60.5. The van der Waals surface area contributed by atoms with Crippen LogP contribution in [-0.2, 0) is 20.8 Å². The van der Waals surface area contributed by atoms with Gasteiger partial charge >= 0.3 is 6.18 Å². The van der Waals surface area contributed by atoms with Crippen molar-refractivity contribution in [2.24, 2.45) is 0 Å². The lowest BCUT2D eigenvalue weighted by Crippen LogP contribution is -2.56. The number of hydrogen-bond acceptors (Lipinski definition) is 7. The molecule has 4 atom stereocenters. The summed E-state index contributed by atoms with van der Waals surface area (Å²) in [6.45, 7) is 0.617. The second-order valence-electron chi connectivity index (χ2n) is 8.66. The number of β-amino-alcohol motifs (C(OH)–C–C–N with tert-alkyl or cyclic N) is 1. The topological polar surface area (TPSA) is 89.5 Å². The van der Waals surface area contributed by atoms with Crippen molar-refractivity contribution in [3.63, 3.8) is 0 Å². The van der Waals surface area contributed by atoms with E-state index >= 15 is 0 Å². The quantitative estimate of drug-likeness (QED) is 0.652. The number of aliphatic hydroxyl groups excluding tert-OH is 1. The van der Waals surface area contributed by atoms with Gasteiger partial charge in [0.25, 0.3) is 0 Å². The van der Waals surface area contributed by atoms with Gasteiger partial charge in [-0.1, -0.05) is 6.07 Å². The van der Waals surface area contributed by atoms with Gasteiger partial charge in [-0.3, -0.25) is 9.69 Å². The Bertz CT molecular complexity index is 824. The number of carbonyl (C=O) groups excluding carboxylic acids is 1. The maximum Gasteiger partial charge on any atom is 0.390 e. The molecular weight excluding hydrogens is 445 g/mol. The second-order valence-corrected chi connectivity index (χ2v) is 8.66. The van der Waals surface area contributed by atoms with E-state index in [1.165, 1.54) is 0 Å². The summed E-state index contributed by atoms with van der Waals surface area (Å²) in [5.41, 5.74) is 0.879. The molecule has 4 rings (SSSR count). The van der Waals surface area contributed by atoms with Gasteiger partial charge in [0.15, 0.2) is 11.5 Å². The summed E-state index contributed by atoms with van der Waals surface area (Å²) in [7, 11) is 0. The maximum atomic E-state index is 12.8. The Balaban J connectivity index is 1.29. The van der Waals surface area contributed by atoms with Gasteiger partial charge in [0.1, 0.15) is 0 Å². The van der Waals surface area contributed by atoms with Gasteiger partial charge in [0.05, 0.1) is 44.4 Å². The average molecular weight is 474 g/mol. The summed E-state index contributed by atoms with van der Waals surface area (Å²) in [4.78, 5) is 14.1. The van der Waals surface area contributed by atoms with E-state index in [1.807, 2.05) is 12.1 Å². The molecule has 0 spiro atoms. The highest BCUT2D eigenvalue weighted by atomic mass is 19.4. The Kier molecular flexibility index (Phi) is 7.62. The monoisotopic (exact) mass is 474 g/mol. The molecule has 3 aliphatic heterocycles. The van der Waals surface area contributed by atoms with Crippen LogP contribution in [0.25, 0.3) is 0 Å². The molecule has 8 nitrogen and oxygen atoms in total. The van der Waals surface area contributed by atoms with Crippen LogP contribution in [0.15, 0.2) is 18.2 Å². The Morgan fingerprint density at radius 1 is 1.18 bits per heavy atom. The Labute approximate surface area is 189 Å². The molecule has 2 N–H and O–H groups in total. The number of nitrogens with zero attached hydrogens (tertiary/aromatic N) is 1. The number of ether oxygens (including phenoxy) is 4. The lowest BCUT2D eigenvalue weighted by molar-refractivity contribution is -0.169. The first kappa shape index (κ1) is 24.1. The molecule has 0 radical (unpaired) electrons. The Hall–Kier alpha value is -2.08. The van der Waals surface area contributed by atoms with Crippen LogP contribution in [-0.4, -0.2) is 79.5 Å². The highest BCUT2D eigenvalue weighted by Crippen LogP contribution is 2.33. The van der Waals surface area contributed by atoms with Gasteiger partial charge < -0.3 is 29.4 Å². The number of rotatable bonds is 6. The minimum atomic E-state index is -4.27. The number of benzene rings is 1. The summed E-state index contributed by atoms with van der Waals surface area (Å²) in [5.74, 6) is 1.15. The molecule has 0 aliphatic carbocycles. The van der Waals surface area contributed by atoms with Crippen molar-refractivity contribution >= 4 is 5.91 Å². The zero-order valence-electron chi connectivity index (χ0n) is 18.2. The molecule has 1 aromatic carbocycles.